The quantitative estimate of drug-likeness (QED) is 0.625. The smallest absolute Gasteiger partial charge is 0.0487 e. The number of hydrogen-bond acceptors (Lipinski definition) is 3. The molecule has 0 saturated carbocycles. The van der Waals surface area contributed by atoms with Crippen LogP contribution in [0.25, 0.3) is 0 Å². The first-order chi connectivity index (χ1) is 9.76. The van der Waals surface area contributed by atoms with E-state index in [2.05, 4.69) is 45.5 Å². The average molecular weight is 344 g/mol. The van der Waals surface area contributed by atoms with Crippen LogP contribution in [0.15, 0.2) is 28.7 Å². The van der Waals surface area contributed by atoms with Crippen LogP contribution in [0.3, 0.4) is 0 Å². The number of rotatable bonds is 11. The maximum absolute atomic E-state index is 5.65. The van der Waals surface area contributed by atoms with Gasteiger partial charge in [0.1, 0.15) is 0 Å². The molecule has 3 nitrogen and oxygen atoms in total. The zero-order chi connectivity index (χ0) is 14.6. The van der Waals surface area contributed by atoms with Crippen molar-refractivity contribution in [2.45, 2.75) is 19.3 Å². The molecule has 0 fully saturated rings. The van der Waals surface area contributed by atoms with E-state index < -0.39 is 0 Å². The molecule has 1 unspecified atom stereocenters. The van der Waals surface area contributed by atoms with Gasteiger partial charge in [-0.3, -0.25) is 0 Å². The molecule has 1 N–H and O–H groups in total. The Hall–Kier alpha value is -0.420. The highest BCUT2D eigenvalue weighted by Crippen LogP contribution is 2.15. The first kappa shape index (κ1) is 17.6. The molecular weight excluding hydrogens is 318 g/mol. The van der Waals surface area contributed by atoms with Gasteiger partial charge in [-0.15, -0.1) is 0 Å². The Morgan fingerprint density at radius 3 is 2.55 bits per heavy atom. The van der Waals surface area contributed by atoms with E-state index in [1.807, 2.05) is 7.05 Å². The number of hydrogen-bond donors (Lipinski definition) is 1. The first-order valence-corrected chi connectivity index (χ1v) is 8.01. The van der Waals surface area contributed by atoms with Gasteiger partial charge in [-0.25, -0.2) is 0 Å². The molecule has 0 saturated heterocycles. The zero-order valence-corrected chi connectivity index (χ0v) is 14.1. The maximum atomic E-state index is 5.65. The fraction of sp³-hybridized carbons (Fsp3) is 0.625. The van der Waals surface area contributed by atoms with Crippen LogP contribution < -0.4 is 5.32 Å². The summed E-state index contributed by atoms with van der Waals surface area (Å²) >= 11 is 3.47. The standard InChI is InChI=1S/C16H26BrNO2/c1-18-13-15(8-11-20-10-3-9-19-2)12-14-4-6-16(17)7-5-14/h4-7,15,18H,3,8-13H2,1-2H3. The average Bonchev–Trinajstić information content (AvgIpc) is 2.45. The zero-order valence-electron chi connectivity index (χ0n) is 12.5. The highest BCUT2D eigenvalue weighted by atomic mass is 79.9. The molecule has 0 aliphatic carbocycles. The van der Waals surface area contributed by atoms with Gasteiger partial charge in [0.25, 0.3) is 0 Å². The lowest BCUT2D eigenvalue weighted by molar-refractivity contribution is 0.0937. The van der Waals surface area contributed by atoms with E-state index in [9.17, 15) is 0 Å². The second-order valence-corrected chi connectivity index (χ2v) is 5.92. The molecular formula is C16H26BrNO2. The summed E-state index contributed by atoms with van der Waals surface area (Å²) in [7, 11) is 3.73. The molecule has 1 aromatic rings. The van der Waals surface area contributed by atoms with Gasteiger partial charge in [0.2, 0.25) is 0 Å². The van der Waals surface area contributed by atoms with Crippen molar-refractivity contribution in [2.75, 3.05) is 40.5 Å². The number of benzene rings is 1. The lowest BCUT2D eigenvalue weighted by Gasteiger charge is -2.17. The third-order valence-electron chi connectivity index (χ3n) is 3.24. The van der Waals surface area contributed by atoms with Gasteiger partial charge < -0.3 is 14.8 Å². The molecule has 0 aromatic heterocycles. The Bertz CT molecular complexity index is 343. The predicted octanol–water partition coefficient (Wildman–Crippen LogP) is 3.27. The fourth-order valence-corrected chi connectivity index (χ4v) is 2.44. The van der Waals surface area contributed by atoms with Gasteiger partial charge in [0, 0.05) is 31.4 Å². The van der Waals surface area contributed by atoms with Crippen LogP contribution in [-0.2, 0) is 15.9 Å². The molecule has 0 heterocycles. The maximum Gasteiger partial charge on any atom is 0.0487 e. The van der Waals surface area contributed by atoms with Gasteiger partial charge in [-0.1, -0.05) is 28.1 Å². The van der Waals surface area contributed by atoms with E-state index in [1.165, 1.54) is 5.56 Å². The van der Waals surface area contributed by atoms with Gasteiger partial charge in [-0.05, 0) is 56.5 Å². The molecule has 0 aliphatic rings. The second kappa shape index (κ2) is 11.3. The minimum absolute atomic E-state index is 0.614. The Morgan fingerprint density at radius 1 is 1.15 bits per heavy atom. The molecule has 0 radical (unpaired) electrons. The van der Waals surface area contributed by atoms with Crippen LogP contribution in [0, 0.1) is 5.92 Å². The number of ether oxygens (including phenoxy) is 2. The minimum Gasteiger partial charge on any atom is -0.385 e. The van der Waals surface area contributed by atoms with Crippen molar-refractivity contribution in [1.82, 2.24) is 5.32 Å². The molecule has 0 bridgehead atoms. The summed E-state index contributed by atoms with van der Waals surface area (Å²) in [5.74, 6) is 0.614. The summed E-state index contributed by atoms with van der Waals surface area (Å²) in [5.41, 5.74) is 1.38. The first-order valence-electron chi connectivity index (χ1n) is 7.22. The molecule has 0 amide bonds. The van der Waals surface area contributed by atoms with Crippen molar-refractivity contribution >= 4 is 15.9 Å². The van der Waals surface area contributed by atoms with Crippen LogP contribution in [0.1, 0.15) is 18.4 Å². The molecule has 1 aromatic carbocycles. The van der Waals surface area contributed by atoms with Gasteiger partial charge in [0.15, 0.2) is 0 Å². The molecule has 1 atom stereocenters. The summed E-state index contributed by atoms with van der Waals surface area (Å²) in [6.07, 6.45) is 3.15. The molecule has 114 valence electrons. The Morgan fingerprint density at radius 2 is 1.90 bits per heavy atom. The van der Waals surface area contributed by atoms with Crippen LogP contribution in [-0.4, -0.2) is 40.5 Å². The largest absolute Gasteiger partial charge is 0.385 e. The van der Waals surface area contributed by atoms with Crippen molar-refractivity contribution in [3.8, 4) is 0 Å². The van der Waals surface area contributed by atoms with E-state index >= 15 is 0 Å². The van der Waals surface area contributed by atoms with E-state index in [-0.39, 0.29) is 0 Å². The lowest BCUT2D eigenvalue weighted by atomic mass is 9.96. The van der Waals surface area contributed by atoms with Gasteiger partial charge >= 0.3 is 0 Å². The van der Waals surface area contributed by atoms with Crippen molar-refractivity contribution in [1.29, 1.82) is 0 Å². The lowest BCUT2D eigenvalue weighted by Crippen LogP contribution is -2.22. The van der Waals surface area contributed by atoms with Crippen LogP contribution >= 0.6 is 15.9 Å². The highest BCUT2D eigenvalue weighted by Gasteiger charge is 2.09. The second-order valence-electron chi connectivity index (χ2n) is 5.00. The highest BCUT2D eigenvalue weighted by molar-refractivity contribution is 9.10. The van der Waals surface area contributed by atoms with E-state index in [1.54, 1.807) is 7.11 Å². The predicted molar refractivity (Wildman–Crippen MR) is 87.2 cm³/mol. The Kier molecular flexibility index (Phi) is 9.93. The van der Waals surface area contributed by atoms with Crippen LogP contribution in [0.4, 0.5) is 0 Å². The monoisotopic (exact) mass is 343 g/mol. The molecule has 4 heteroatoms. The summed E-state index contributed by atoms with van der Waals surface area (Å²) in [6, 6.07) is 8.58. The van der Waals surface area contributed by atoms with Crippen LogP contribution in [0.5, 0.6) is 0 Å². The van der Waals surface area contributed by atoms with Gasteiger partial charge in [0.05, 0.1) is 0 Å². The summed E-state index contributed by atoms with van der Waals surface area (Å²) in [4.78, 5) is 0. The summed E-state index contributed by atoms with van der Waals surface area (Å²) in [6.45, 7) is 3.42. The Labute approximate surface area is 131 Å². The van der Waals surface area contributed by atoms with Crippen molar-refractivity contribution in [3.05, 3.63) is 34.3 Å². The SMILES string of the molecule is CNCC(CCOCCCOC)Cc1ccc(Br)cc1. The number of halogens is 1. The normalized spacial score (nSPS) is 12.6. The van der Waals surface area contributed by atoms with Crippen molar-refractivity contribution in [2.24, 2.45) is 5.92 Å². The van der Waals surface area contributed by atoms with E-state index in [0.29, 0.717) is 5.92 Å². The third kappa shape index (κ3) is 8.00. The summed E-state index contributed by atoms with van der Waals surface area (Å²) in [5, 5.41) is 3.28. The molecule has 0 spiro atoms. The minimum atomic E-state index is 0.614. The molecule has 1 rings (SSSR count). The van der Waals surface area contributed by atoms with Crippen molar-refractivity contribution in [3.63, 3.8) is 0 Å². The topological polar surface area (TPSA) is 30.5 Å². The van der Waals surface area contributed by atoms with Crippen molar-refractivity contribution < 1.29 is 9.47 Å². The third-order valence-corrected chi connectivity index (χ3v) is 3.77. The number of methoxy groups -OCH3 is 1. The summed E-state index contributed by atoms with van der Waals surface area (Å²) < 4.78 is 11.8. The van der Waals surface area contributed by atoms with Crippen LogP contribution in [0.2, 0.25) is 0 Å². The number of nitrogens with one attached hydrogen (secondary N) is 1. The molecule has 20 heavy (non-hydrogen) atoms. The fourth-order valence-electron chi connectivity index (χ4n) is 2.18. The Balaban J connectivity index is 2.27. The van der Waals surface area contributed by atoms with E-state index in [0.717, 1.165) is 50.1 Å². The van der Waals surface area contributed by atoms with E-state index in [4.69, 9.17) is 9.47 Å². The molecule has 0 aliphatic heterocycles. The van der Waals surface area contributed by atoms with Gasteiger partial charge in [-0.2, -0.15) is 0 Å².